The third-order valence-corrected chi connectivity index (χ3v) is 6.86. The molecule has 2 unspecified atom stereocenters. The smallest absolute Gasteiger partial charge is 0.255 e. The third-order valence-electron chi connectivity index (χ3n) is 5.28. The van der Waals surface area contributed by atoms with Gasteiger partial charge in [0.15, 0.2) is 0 Å². The van der Waals surface area contributed by atoms with Crippen LogP contribution in [0.25, 0.3) is 0 Å². The quantitative estimate of drug-likeness (QED) is 0.670. The predicted octanol–water partition coefficient (Wildman–Crippen LogP) is 4.28. The third kappa shape index (κ3) is 5.36. The first kappa shape index (κ1) is 22.9. The van der Waals surface area contributed by atoms with E-state index >= 15 is 0 Å². The van der Waals surface area contributed by atoms with Crippen LogP contribution in [0.1, 0.15) is 48.7 Å². The van der Waals surface area contributed by atoms with Crippen LogP contribution in [0.15, 0.2) is 41.3 Å². The van der Waals surface area contributed by atoms with Gasteiger partial charge in [-0.1, -0.05) is 38.5 Å². The van der Waals surface area contributed by atoms with Crippen molar-refractivity contribution in [2.75, 3.05) is 12.4 Å². The van der Waals surface area contributed by atoms with E-state index in [2.05, 4.69) is 10.0 Å². The molecule has 158 valence electrons. The summed E-state index contributed by atoms with van der Waals surface area (Å²) in [6, 6.07) is 10.1. The number of hydrogen-bond donors (Lipinski definition) is 2. The van der Waals surface area contributed by atoms with Crippen LogP contribution in [0.2, 0.25) is 0 Å². The Morgan fingerprint density at radius 2 is 1.76 bits per heavy atom. The predicted molar refractivity (Wildman–Crippen MR) is 116 cm³/mol. The topological polar surface area (TPSA) is 84.5 Å². The van der Waals surface area contributed by atoms with Gasteiger partial charge in [0.25, 0.3) is 5.91 Å². The van der Waals surface area contributed by atoms with Crippen molar-refractivity contribution in [3.63, 3.8) is 0 Å². The Morgan fingerprint density at radius 1 is 1.10 bits per heavy atom. The van der Waals surface area contributed by atoms with Gasteiger partial charge in [-0.15, -0.1) is 0 Å². The van der Waals surface area contributed by atoms with Crippen molar-refractivity contribution in [3.05, 3.63) is 53.1 Å². The molecule has 0 spiro atoms. The molecule has 0 radical (unpaired) electrons. The first-order valence-corrected chi connectivity index (χ1v) is 11.2. The molecule has 0 saturated carbocycles. The van der Waals surface area contributed by atoms with Gasteiger partial charge < -0.3 is 10.1 Å². The lowest BCUT2D eigenvalue weighted by atomic mass is 10.0. The Labute approximate surface area is 173 Å². The molecule has 0 saturated heterocycles. The summed E-state index contributed by atoms with van der Waals surface area (Å²) in [5, 5.41) is 2.85. The fourth-order valence-corrected chi connectivity index (χ4v) is 4.55. The summed E-state index contributed by atoms with van der Waals surface area (Å²) in [6.07, 6.45) is 0.865. The van der Waals surface area contributed by atoms with E-state index in [1.807, 2.05) is 39.8 Å². The Balaban J connectivity index is 2.36. The summed E-state index contributed by atoms with van der Waals surface area (Å²) < 4.78 is 33.9. The molecule has 2 atom stereocenters. The van der Waals surface area contributed by atoms with Gasteiger partial charge >= 0.3 is 0 Å². The van der Waals surface area contributed by atoms with Crippen molar-refractivity contribution in [1.82, 2.24) is 4.72 Å². The zero-order valence-electron chi connectivity index (χ0n) is 17.9. The molecule has 29 heavy (non-hydrogen) atoms. The number of carbonyl (C=O) groups excluding carboxylic acids is 1. The standard InChI is InChI=1S/C22H30N2O4S/c1-7-14(2)17(5)24-29(26,27)21-12-16(4)19(13-20(21)28-6)23-22(25)18-11-9-8-10-15(18)3/h8-14,17,24H,7H2,1-6H3,(H,23,25). The van der Waals surface area contributed by atoms with E-state index in [9.17, 15) is 13.2 Å². The molecular formula is C22H30N2O4S. The Hall–Kier alpha value is -2.38. The summed E-state index contributed by atoms with van der Waals surface area (Å²) >= 11 is 0. The van der Waals surface area contributed by atoms with Gasteiger partial charge in [0, 0.05) is 23.4 Å². The molecule has 2 rings (SSSR count). The summed E-state index contributed by atoms with van der Waals surface area (Å²) in [5.74, 6) is 0.122. The molecule has 2 aromatic carbocycles. The highest BCUT2D eigenvalue weighted by molar-refractivity contribution is 7.89. The molecule has 0 aliphatic carbocycles. The zero-order valence-corrected chi connectivity index (χ0v) is 18.7. The lowest BCUT2D eigenvalue weighted by Crippen LogP contribution is -2.37. The van der Waals surface area contributed by atoms with Gasteiger partial charge in [0.05, 0.1) is 7.11 Å². The van der Waals surface area contributed by atoms with Crippen LogP contribution in [0, 0.1) is 19.8 Å². The number of sulfonamides is 1. The van der Waals surface area contributed by atoms with Crippen LogP contribution in [-0.4, -0.2) is 27.5 Å². The number of hydrogen-bond acceptors (Lipinski definition) is 4. The van der Waals surface area contributed by atoms with E-state index in [0.717, 1.165) is 12.0 Å². The minimum atomic E-state index is -3.77. The van der Waals surface area contributed by atoms with Crippen molar-refractivity contribution in [2.24, 2.45) is 5.92 Å². The fourth-order valence-electron chi connectivity index (χ4n) is 2.96. The second-order valence-electron chi connectivity index (χ2n) is 7.38. The van der Waals surface area contributed by atoms with E-state index < -0.39 is 10.0 Å². The number of ether oxygens (including phenoxy) is 1. The van der Waals surface area contributed by atoms with Crippen molar-refractivity contribution in [3.8, 4) is 5.75 Å². The van der Waals surface area contributed by atoms with Gasteiger partial charge in [-0.2, -0.15) is 0 Å². The number of methoxy groups -OCH3 is 1. The lowest BCUT2D eigenvalue weighted by Gasteiger charge is -2.21. The van der Waals surface area contributed by atoms with Crippen molar-refractivity contribution < 1.29 is 17.9 Å². The first-order valence-electron chi connectivity index (χ1n) is 9.68. The molecule has 0 fully saturated rings. The molecular weight excluding hydrogens is 388 g/mol. The highest BCUT2D eigenvalue weighted by Gasteiger charge is 2.25. The van der Waals surface area contributed by atoms with Gasteiger partial charge in [0.2, 0.25) is 10.0 Å². The number of anilines is 1. The van der Waals surface area contributed by atoms with Crippen LogP contribution in [-0.2, 0) is 10.0 Å². The molecule has 0 aliphatic rings. The highest BCUT2D eigenvalue weighted by Crippen LogP contribution is 2.31. The number of aryl methyl sites for hydroxylation is 2. The monoisotopic (exact) mass is 418 g/mol. The minimum absolute atomic E-state index is 0.0570. The van der Waals surface area contributed by atoms with Crippen molar-refractivity contribution in [1.29, 1.82) is 0 Å². The number of carbonyl (C=O) groups is 1. The summed E-state index contributed by atoms with van der Waals surface area (Å²) in [6.45, 7) is 9.49. The maximum atomic E-state index is 12.9. The van der Waals surface area contributed by atoms with Crippen molar-refractivity contribution >= 4 is 21.6 Å². The van der Waals surface area contributed by atoms with E-state index in [1.54, 1.807) is 25.1 Å². The van der Waals surface area contributed by atoms with Crippen LogP contribution < -0.4 is 14.8 Å². The summed E-state index contributed by atoms with van der Waals surface area (Å²) in [7, 11) is -2.36. The van der Waals surface area contributed by atoms with E-state index in [1.165, 1.54) is 13.2 Å². The Bertz CT molecular complexity index is 986. The lowest BCUT2D eigenvalue weighted by molar-refractivity contribution is 0.102. The maximum Gasteiger partial charge on any atom is 0.255 e. The summed E-state index contributed by atoms with van der Waals surface area (Å²) in [4.78, 5) is 12.7. The second kappa shape index (κ2) is 9.41. The van der Waals surface area contributed by atoms with Gasteiger partial charge in [-0.25, -0.2) is 13.1 Å². The molecule has 0 bridgehead atoms. The number of nitrogens with one attached hydrogen (secondary N) is 2. The molecule has 0 heterocycles. The highest BCUT2D eigenvalue weighted by atomic mass is 32.2. The van der Waals surface area contributed by atoms with Crippen molar-refractivity contribution in [2.45, 2.75) is 52.0 Å². The Kier molecular flexibility index (Phi) is 7.43. The molecule has 0 aliphatic heterocycles. The molecule has 7 heteroatoms. The molecule has 2 aromatic rings. The van der Waals surface area contributed by atoms with E-state index in [-0.39, 0.29) is 28.5 Å². The average molecular weight is 419 g/mol. The number of rotatable bonds is 8. The SMILES string of the molecule is CCC(C)C(C)NS(=O)(=O)c1cc(C)c(NC(=O)c2ccccc2C)cc1OC. The molecule has 6 nitrogen and oxygen atoms in total. The summed E-state index contributed by atoms with van der Waals surface area (Å²) in [5.41, 5.74) is 2.55. The minimum Gasteiger partial charge on any atom is -0.495 e. The maximum absolute atomic E-state index is 12.9. The fraction of sp³-hybridized carbons (Fsp3) is 0.409. The first-order chi connectivity index (χ1) is 13.6. The van der Waals surface area contributed by atoms with Gasteiger partial charge in [-0.3, -0.25) is 4.79 Å². The van der Waals surface area contributed by atoms with Crippen LogP contribution in [0.3, 0.4) is 0 Å². The number of benzene rings is 2. The van der Waals surface area contributed by atoms with E-state index in [0.29, 0.717) is 16.8 Å². The normalized spacial score (nSPS) is 13.6. The molecule has 1 amide bonds. The largest absolute Gasteiger partial charge is 0.495 e. The number of amides is 1. The molecule has 0 aromatic heterocycles. The molecule has 2 N–H and O–H groups in total. The second-order valence-corrected chi connectivity index (χ2v) is 9.06. The van der Waals surface area contributed by atoms with Crippen LogP contribution in [0.4, 0.5) is 5.69 Å². The van der Waals surface area contributed by atoms with Crippen LogP contribution in [0.5, 0.6) is 5.75 Å². The Morgan fingerprint density at radius 3 is 2.34 bits per heavy atom. The zero-order chi connectivity index (χ0) is 21.8. The van der Waals surface area contributed by atoms with E-state index in [4.69, 9.17) is 4.74 Å². The van der Waals surface area contributed by atoms with Gasteiger partial charge in [0.1, 0.15) is 10.6 Å². The van der Waals surface area contributed by atoms with Crippen LogP contribution >= 0.6 is 0 Å². The average Bonchev–Trinajstić information content (AvgIpc) is 2.68. The van der Waals surface area contributed by atoms with Gasteiger partial charge in [-0.05, 0) is 49.9 Å².